The molecule has 4 saturated carbocycles. The van der Waals surface area contributed by atoms with Crippen molar-refractivity contribution in [2.75, 3.05) is 13.2 Å². The third kappa shape index (κ3) is 6.23. The molecule has 0 bridgehead atoms. The van der Waals surface area contributed by atoms with Crippen LogP contribution in [0.3, 0.4) is 0 Å². The molecule has 2 heterocycles. The van der Waals surface area contributed by atoms with E-state index in [-0.39, 0.29) is 39.6 Å². The number of carboxylic acid groups (broad SMARTS) is 1. The maximum absolute atomic E-state index is 13.1. The molecule has 314 valence electrons. The Bertz CT molecular complexity index is 1480. The van der Waals surface area contributed by atoms with Crippen LogP contribution in [0.1, 0.15) is 113 Å². The van der Waals surface area contributed by atoms with Gasteiger partial charge < -0.3 is 59.8 Å². The van der Waals surface area contributed by atoms with E-state index in [0.29, 0.717) is 18.8 Å². The van der Waals surface area contributed by atoms with E-state index in [2.05, 4.69) is 54.5 Å². The Hall–Kier alpha value is -1.23. The van der Waals surface area contributed by atoms with Crippen LogP contribution in [0.2, 0.25) is 0 Å². The third-order valence-corrected chi connectivity index (χ3v) is 17.3. The summed E-state index contributed by atoms with van der Waals surface area (Å²) in [5, 5.41) is 84.6. The van der Waals surface area contributed by atoms with E-state index in [1.807, 2.05) is 0 Å². The summed E-state index contributed by atoms with van der Waals surface area (Å²) in [6, 6.07) is 0. The number of carboxylic acids is 1. The topological polar surface area (TPSA) is 216 Å². The van der Waals surface area contributed by atoms with Gasteiger partial charge in [-0.15, -0.1) is 0 Å². The van der Waals surface area contributed by atoms with Crippen LogP contribution in [0.15, 0.2) is 11.6 Å². The largest absolute Gasteiger partial charge is 0.481 e. The van der Waals surface area contributed by atoms with Gasteiger partial charge in [-0.2, -0.15) is 0 Å². The minimum Gasteiger partial charge on any atom is -0.481 e. The van der Waals surface area contributed by atoms with E-state index in [9.17, 15) is 45.6 Å². The zero-order chi connectivity index (χ0) is 40.3. The van der Waals surface area contributed by atoms with E-state index in [1.54, 1.807) is 0 Å². The number of ether oxygens (including phenoxy) is 4. The van der Waals surface area contributed by atoms with Crippen LogP contribution < -0.4 is 0 Å². The highest BCUT2D eigenvalue weighted by Gasteiger charge is 2.69. The van der Waals surface area contributed by atoms with Crippen LogP contribution in [-0.2, 0) is 23.7 Å². The Labute approximate surface area is 325 Å². The van der Waals surface area contributed by atoms with Crippen molar-refractivity contribution in [3.05, 3.63) is 11.6 Å². The van der Waals surface area contributed by atoms with E-state index < -0.39 is 91.4 Å². The average molecular weight is 781 g/mol. The molecule has 0 unspecified atom stereocenters. The number of rotatable bonds is 7. The number of aliphatic carboxylic acids is 1. The van der Waals surface area contributed by atoms with Crippen LogP contribution in [0.5, 0.6) is 0 Å². The van der Waals surface area contributed by atoms with Crippen LogP contribution >= 0.6 is 0 Å². The lowest BCUT2D eigenvalue weighted by Crippen LogP contribution is -2.67. The lowest BCUT2D eigenvalue weighted by molar-refractivity contribution is -0.382. The molecule has 0 amide bonds. The van der Waals surface area contributed by atoms with Gasteiger partial charge in [0.2, 0.25) is 0 Å². The van der Waals surface area contributed by atoms with Gasteiger partial charge in [0.1, 0.15) is 48.8 Å². The summed E-state index contributed by atoms with van der Waals surface area (Å²) in [7, 11) is 0. The summed E-state index contributed by atoms with van der Waals surface area (Å²) < 4.78 is 23.7. The molecule has 0 radical (unpaired) electrons. The predicted molar refractivity (Wildman–Crippen MR) is 198 cm³/mol. The second-order valence-electron chi connectivity index (χ2n) is 20.7. The normalized spacial score (nSPS) is 53.2. The summed E-state index contributed by atoms with van der Waals surface area (Å²) >= 11 is 0. The summed E-state index contributed by atoms with van der Waals surface area (Å²) in [6.45, 7) is 15.1. The van der Waals surface area contributed by atoms with Crippen LogP contribution in [-0.4, -0.2) is 128 Å². The van der Waals surface area contributed by atoms with Gasteiger partial charge >= 0.3 is 5.97 Å². The highest BCUT2D eigenvalue weighted by Crippen LogP contribution is 2.76. The zero-order valence-corrected chi connectivity index (χ0v) is 33.8. The lowest BCUT2D eigenvalue weighted by Gasteiger charge is -2.71. The van der Waals surface area contributed by atoms with Crippen molar-refractivity contribution in [2.45, 2.75) is 180 Å². The van der Waals surface area contributed by atoms with Crippen molar-refractivity contribution < 1.29 is 64.6 Å². The molecular weight excluding hydrogens is 712 g/mol. The van der Waals surface area contributed by atoms with Gasteiger partial charge in [-0.05, 0) is 109 Å². The standard InChI is InChI=1S/C42H68O13/c1-37(2)14-16-42(36(50)51)17-15-40(6)21(22(42)18-37)8-9-26-39(5)12-11-27(38(3,4)25(39)10-13-41(26,40)7)54-33-29(46)24(20-44)53-35(32(33)49)55-34-31(48)30(47)28(45)23(19-43)52-34/h8,22-35,43-49H,9-20H2,1-7H3,(H,50,51)/t22-,23+,24+,25-,26+,27-,28+,29+,30-,31+,32+,33-,34-,35-,39-,40+,41+,42-/m0/s1. The number of aliphatic hydroxyl groups excluding tert-OH is 7. The van der Waals surface area contributed by atoms with Gasteiger partial charge in [-0.25, -0.2) is 0 Å². The molecule has 0 aromatic rings. The Morgan fingerprint density at radius 2 is 1.35 bits per heavy atom. The first-order valence-corrected chi connectivity index (χ1v) is 20.8. The van der Waals surface area contributed by atoms with Gasteiger partial charge in [0.05, 0.1) is 24.7 Å². The first-order valence-electron chi connectivity index (χ1n) is 20.8. The van der Waals surface area contributed by atoms with Crippen molar-refractivity contribution in [1.82, 2.24) is 0 Å². The second-order valence-corrected chi connectivity index (χ2v) is 20.7. The number of aliphatic hydroxyl groups is 7. The maximum Gasteiger partial charge on any atom is 0.310 e. The molecule has 18 atom stereocenters. The molecular formula is C42H68O13. The van der Waals surface area contributed by atoms with Gasteiger partial charge in [-0.1, -0.05) is 60.1 Å². The molecule has 5 aliphatic carbocycles. The van der Waals surface area contributed by atoms with Crippen LogP contribution in [0.25, 0.3) is 0 Å². The average Bonchev–Trinajstić information content (AvgIpc) is 3.12. The molecule has 6 fully saturated rings. The summed E-state index contributed by atoms with van der Waals surface area (Å²) in [5.41, 5.74) is 0.241. The first kappa shape index (κ1) is 41.9. The summed E-state index contributed by atoms with van der Waals surface area (Å²) in [6.07, 6.45) is -4.21. The maximum atomic E-state index is 13.1. The van der Waals surface area contributed by atoms with Gasteiger partial charge in [-0.3, -0.25) is 4.79 Å². The first-order chi connectivity index (χ1) is 25.6. The van der Waals surface area contributed by atoms with E-state index in [0.717, 1.165) is 51.4 Å². The Kier molecular flexibility index (Phi) is 10.8. The molecule has 13 nitrogen and oxygen atoms in total. The molecule has 0 aromatic heterocycles. The van der Waals surface area contributed by atoms with E-state index >= 15 is 0 Å². The van der Waals surface area contributed by atoms with Crippen molar-refractivity contribution in [2.24, 2.45) is 50.2 Å². The van der Waals surface area contributed by atoms with Crippen molar-refractivity contribution in [3.63, 3.8) is 0 Å². The highest BCUT2D eigenvalue weighted by molar-refractivity contribution is 5.76. The van der Waals surface area contributed by atoms with Crippen molar-refractivity contribution in [3.8, 4) is 0 Å². The molecule has 7 rings (SSSR count). The number of hydrogen-bond donors (Lipinski definition) is 8. The molecule has 2 aliphatic heterocycles. The Morgan fingerprint density at radius 3 is 1.98 bits per heavy atom. The Morgan fingerprint density at radius 1 is 0.727 bits per heavy atom. The number of carbonyl (C=O) groups is 1. The van der Waals surface area contributed by atoms with Crippen molar-refractivity contribution >= 4 is 5.97 Å². The highest BCUT2D eigenvalue weighted by atomic mass is 16.8. The van der Waals surface area contributed by atoms with Crippen LogP contribution in [0, 0.1) is 50.2 Å². The fraction of sp³-hybridized carbons (Fsp3) is 0.929. The second kappa shape index (κ2) is 14.2. The molecule has 2 saturated heterocycles. The van der Waals surface area contributed by atoms with E-state index in [1.165, 1.54) is 5.57 Å². The molecule has 55 heavy (non-hydrogen) atoms. The molecule has 0 aromatic carbocycles. The lowest BCUT2D eigenvalue weighted by atomic mass is 9.33. The van der Waals surface area contributed by atoms with Gasteiger partial charge in [0, 0.05) is 0 Å². The molecule has 13 heteroatoms. The number of fused-ring (bicyclic) bond motifs is 7. The SMILES string of the molecule is CC1(C)CC[C@]2(C(=O)O)CC[C@]3(C)C(=CC[C@@H]4[C@@]5(C)CC[C@H](O[C@@H]6[C@@H](O)[C@H](O[C@@H]7O[C@H](CO)[C@@H](O)[C@H](O)[C@H]7O)O[C@H](CO)[C@H]6O)C(C)(C)[C@@H]5CC[C@]43C)[C@@H]2C1. The number of hydrogen-bond acceptors (Lipinski definition) is 12. The monoisotopic (exact) mass is 780 g/mol. The summed E-state index contributed by atoms with van der Waals surface area (Å²) in [4.78, 5) is 13.1. The minimum atomic E-state index is -1.74. The predicted octanol–water partition coefficient (Wildman–Crippen LogP) is 2.88. The van der Waals surface area contributed by atoms with Gasteiger partial charge in [0.25, 0.3) is 0 Å². The van der Waals surface area contributed by atoms with Gasteiger partial charge in [0.15, 0.2) is 12.6 Å². The summed E-state index contributed by atoms with van der Waals surface area (Å²) in [5.74, 6) is 0.0337. The Balaban J connectivity index is 1.12. The number of allylic oxidation sites excluding steroid dienone is 2. The zero-order valence-electron chi connectivity index (χ0n) is 33.8. The molecule has 0 spiro atoms. The smallest absolute Gasteiger partial charge is 0.310 e. The van der Waals surface area contributed by atoms with E-state index in [4.69, 9.17) is 18.9 Å². The quantitative estimate of drug-likeness (QED) is 0.175. The fourth-order valence-corrected chi connectivity index (χ4v) is 13.7. The molecule has 8 N–H and O–H groups in total. The van der Waals surface area contributed by atoms with Crippen molar-refractivity contribution in [1.29, 1.82) is 0 Å². The minimum absolute atomic E-state index is 0.0191. The fourth-order valence-electron chi connectivity index (χ4n) is 13.7. The molecule has 7 aliphatic rings. The van der Waals surface area contributed by atoms with Crippen LogP contribution in [0.4, 0.5) is 0 Å². The third-order valence-electron chi connectivity index (χ3n) is 17.3.